The molecule has 0 unspecified atom stereocenters. The van der Waals surface area contributed by atoms with Gasteiger partial charge in [0.1, 0.15) is 5.82 Å². The average molecular weight is 260 g/mol. The van der Waals surface area contributed by atoms with Crippen LogP contribution in [0.25, 0.3) is 0 Å². The minimum absolute atomic E-state index is 0.0193. The van der Waals surface area contributed by atoms with E-state index in [1.165, 1.54) is 12.1 Å². The summed E-state index contributed by atoms with van der Waals surface area (Å²) in [5, 5.41) is 10.0. The first-order valence-electron chi connectivity index (χ1n) is 5.61. The molecule has 0 saturated heterocycles. The molecule has 0 radical (unpaired) electrons. The number of nitrogens with two attached hydrogens (primary N) is 1. The van der Waals surface area contributed by atoms with Crippen LogP contribution in [-0.4, -0.2) is 11.1 Å². The zero-order chi connectivity index (χ0) is 13.2. The highest BCUT2D eigenvalue weighted by Crippen LogP contribution is 2.29. The lowest BCUT2D eigenvalue weighted by Gasteiger charge is -2.29. The van der Waals surface area contributed by atoms with Crippen molar-refractivity contribution < 1.29 is 9.50 Å². The van der Waals surface area contributed by atoms with Crippen LogP contribution in [0.1, 0.15) is 38.9 Å². The van der Waals surface area contributed by atoms with Crippen molar-refractivity contribution in [1.29, 1.82) is 0 Å². The summed E-state index contributed by atoms with van der Waals surface area (Å²) < 4.78 is 13.7. The molecule has 0 fully saturated rings. The summed E-state index contributed by atoms with van der Waals surface area (Å²) in [6.07, 6.45) is -0.622. The summed E-state index contributed by atoms with van der Waals surface area (Å²) in [6.45, 7) is 5.95. The zero-order valence-electron chi connectivity index (χ0n) is 10.4. The molecule has 0 aliphatic heterocycles. The van der Waals surface area contributed by atoms with Crippen molar-refractivity contribution in [1.82, 2.24) is 0 Å². The van der Waals surface area contributed by atoms with Crippen LogP contribution in [0.5, 0.6) is 0 Å². The molecule has 0 saturated carbocycles. The number of aliphatic hydroxyl groups is 1. The Morgan fingerprint density at radius 2 is 2.00 bits per heavy atom. The van der Waals surface area contributed by atoms with Gasteiger partial charge in [-0.15, -0.1) is 0 Å². The Morgan fingerprint density at radius 1 is 1.41 bits per heavy atom. The molecule has 0 aliphatic carbocycles. The Kier molecular flexibility index (Phi) is 4.53. The van der Waals surface area contributed by atoms with Gasteiger partial charge in [-0.1, -0.05) is 44.5 Å². The van der Waals surface area contributed by atoms with Gasteiger partial charge in [0.2, 0.25) is 0 Å². The summed E-state index contributed by atoms with van der Waals surface area (Å²) in [4.78, 5) is 0. The Labute approximate surface area is 107 Å². The smallest absolute Gasteiger partial charge is 0.147 e. The van der Waals surface area contributed by atoms with E-state index in [-0.39, 0.29) is 22.0 Å². The van der Waals surface area contributed by atoms with Gasteiger partial charge >= 0.3 is 0 Å². The van der Waals surface area contributed by atoms with Gasteiger partial charge in [0, 0.05) is 11.6 Å². The molecule has 1 aromatic rings. The number of aliphatic hydroxyl groups excluding tert-OH is 1. The Bertz CT molecular complexity index is 389. The highest BCUT2D eigenvalue weighted by molar-refractivity contribution is 6.30. The summed E-state index contributed by atoms with van der Waals surface area (Å²) in [6, 6.07) is 4.39. The SMILES string of the molecule is CC(C)(C)[C@@H](N)C[C@@H](O)c1cccc(Cl)c1F. The molecule has 0 spiro atoms. The molecule has 1 aromatic carbocycles. The first-order chi connectivity index (χ1) is 7.73. The van der Waals surface area contributed by atoms with Crippen LogP contribution < -0.4 is 5.73 Å². The first kappa shape index (κ1) is 14.4. The molecular weight excluding hydrogens is 241 g/mol. The molecule has 0 heterocycles. The maximum absolute atomic E-state index is 13.7. The van der Waals surface area contributed by atoms with Crippen molar-refractivity contribution in [2.75, 3.05) is 0 Å². The molecule has 1 rings (SSSR count). The Morgan fingerprint density at radius 3 is 2.53 bits per heavy atom. The minimum atomic E-state index is -0.928. The second-order valence-corrected chi connectivity index (χ2v) is 5.77. The van der Waals surface area contributed by atoms with E-state index in [1.54, 1.807) is 6.07 Å². The monoisotopic (exact) mass is 259 g/mol. The van der Waals surface area contributed by atoms with Crippen molar-refractivity contribution in [2.24, 2.45) is 11.1 Å². The largest absolute Gasteiger partial charge is 0.388 e. The van der Waals surface area contributed by atoms with Crippen molar-refractivity contribution in [3.05, 3.63) is 34.6 Å². The number of benzene rings is 1. The van der Waals surface area contributed by atoms with E-state index < -0.39 is 11.9 Å². The van der Waals surface area contributed by atoms with Gasteiger partial charge in [-0.3, -0.25) is 0 Å². The van der Waals surface area contributed by atoms with E-state index in [0.717, 1.165) is 0 Å². The first-order valence-corrected chi connectivity index (χ1v) is 5.99. The second-order valence-electron chi connectivity index (χ2n) is 5.37. The topological polar surface area (TPSA) is 46.2 Å². The van der Waals surface area contributed by atoms with Gasteiger partial charge in [-0.05, 0) is 17.9 Å². The van der Waals surface area contributed by atoms with Crippen LogP contribution in [0.4, 0.5) is 4.39 Å². The molecular formula is C13H19ClFNO. The summed E-state index contributed by atoms with van der Waals surface area (Å²) >= 11 is 5.67. The van der Waals surface area contributed by atoms with Gasteiger partial charge in [0.05, 0.1) is 11.1 Å². The van der Waals surface area contributed by atoms with Crippen molar-refractivity contribution in [3.8, 4) is 0 Å². The molecule has 2 atom stereocenters. The zero-order valence-corrected chi connectivity index (χ0v) is 11.1. The van der Waals surface area contributed by atoms with Crippen molar-refractivity contribution >= 4 is 11.6 Å². The number of hydrogen-bond donors (Lipinski definition) is 2. The molecule has 2 nitrogen and oxygen atoms in total. The third-order valence-electron chi connectivity index (χ3n) is 2.93. The average Bonchev–Trinajstić information content (AvgIpc) is 2.20. The third kappa shape index (κ3) is 3.66. The van der Waals surface area contributed by atoms with E-state index >= 15 is 0 Å². The molecule has 0 aromatic heterocycles. The van der Waals surface area contributed by atoms with E-state index in [2.05, 4.69) is 0 Å². The predicted octanol–water partition coefficient (Wildman–Crippen LogP) is 3.28. The lowest BCUT2D eigenvalue weighted by atomic mass is 9.83. The van der Waals surface area contributed by atoms with Crippen LogP contribution >= 0.6 is 11.6 Å². The fraction of sp³-hybridized carbons (Fsp3) is 0.538. The maximum Gasteiger partial charge on any atom is 0.147 e. The van der Waals surface area contributed by atoms with E-state index in [9.17, 15) is 9.50 Å². The Balaban J connectivity index is 2.84. The van der Waals surface area contributed by atoms with Crippen molar-refractivity contribution in [3.63, 3.8) is 0 Å². The predicted molar refractivity (Wildman–Crippen MR) is 68.4 cm³/mol. The molecule has 4 heteroatoms. The second kappa shape index (κ2) is 5.34. The molecule has 96 valence electrons. The highest BCUT2D eigenvalue weighted by Gasteiger charge is 2.25. The maximum atomic E-state index is 13.7. The van der Waals surface area contributed by atoms with Gasteiger partial charge < -0.3 is 10.8 Å². The van der Waals surface area contributed by atoms with Gasteiger partial charge in [-0.2, -0.15) is 0 Å². The number of hydrogen-bond acceptors (Lipinski definition) is 2. The summed E-state index contributed by atoms with van der Waals surface area (Å²) in [5.74, 6) is -0.567. The highest BCUT2D eigenvalue weighted by atomic mass is 35.5. The standard InChI is InChI=1S/C13H19ClFNO/c1-13(2,3)11(16)7-10(17)8-5-4-6-9(14)12(8)15/h4-6,10-11,17H,7,16H2,1-3H3/t10-,11+/m1/s1. The summed E-state index contributed by atoms with van der Waals surface area (Å²) in [7, 11) is 0. The molecule has 0 aliphatic rings. The molecule has 3 N–H and O–H groups in total. The van der Waals surface area contributed by atoms with E-state index in [4.69, 9.17) is 17.3 Å². The quantitative estimate of drug-likeness (QED) is 0.875. The fourth-order valence-corrected chi connectivity index (χ4v) is 1.68. The van der Waals surface area contributed by atoms with Crippen LogP contribution in [0.15, 0.2) is 18.2 Å². The lowest BCUT2D eigenvalue weighted by Crippen LogP contribution is -2.36. The molecule has 17 heavy (non-hydrogen) atoms. The minimum Gasteiger partial charge on any atom is -0.388 e. The number of halogens is 2. The number of rotatable bonds is 3. The normalized spacial score (nSPS) is 15.7. The molecule has 0 bridgehead atoms. The van der Waals surface area contributed by atoms with Crippen LogP contribution in [0.3, 0.4) is 0 Å². The fourth-order valence-electron chi connectivity index (χ4n) is 1.50. The van der Waals surface area contributed by atoms with Crippen molar-refractivity contribution in [2.45, 2.75) is 39.3 Å². The van der Waals surface area contributed by atoms with E-state index in [1.807, 2.05) is 20.8 Å². The third-order valence-corrected chi connectivity index (χ3v) is 3.22. The van der Waals surface area contributed by atoms with Crippen LogP contribution in [0.2, 0.25) is 5.02 Å². The van der Waals surface area contributed by atoms with Gasteiger partial charge in [-0.25, -0.2) is 4.39 Å². The Hall–Kier alpha value is -0.640. The molecule has 0 amide bonds. The van der Waals surface area contributed by atoms with E-state index in [0.29, 0.717) is 6.42 Å². The van der Waals surface area contributed by atoms with Gasteiger partial charge in [0.15, 0.2) is 0 Å². The lowest BCUT2D eigenvalue weighted by molar-refractivity contribution is 0.130. The summed E-state index contributed by atoms with van der Waals surface area (Å²) in [5.41, 5.74) is 6.04. The van der Waals surface area contributed by atoms with Gasteiger partial charge in [0.25, 0.3) is 0 Å². The van der Waals surface area contributed by atoms with Crippen LogP contribution in [-0.2, 0) is 0 Å². The van der Waals surface area contributed by atoms with Crippen LogP contribution in [0, 0.1) is 11.2 Å².